The minimum Gasteiger partial charge on any atom is -0.497 e. The van der Waals surface area contributed by atoms with E-state index in [0.717, 1.165) is 24.7 Å². The summed E-state index contributed by atoms with van der Waals surface area (Å²) in [6.07, 6.45) is 9.89. The first kappa shape index (κ1) is 18.7. The van der Waals surface area contributed by atoms with Gasteiger partial charge in [0.2, 0.25) is 0 Å². The van der Waals surface area contributed by atoms with Crippen molar-refractivity contribution in [2.75, 3.05) is 7.11 Å². The molecule has 2 aromatic carbocycles. The van der Waals surface area contributed by atoms with Crippen molar-refractivity contribution < 1.29 is 13.5 Å². The van der Waals surface area contributed by atoms with Gasteiger partial charge in [-0.3, -0.25) is 0 Å². The van der Waals surface area contributed by atoms with E-state index in [9.17, 15) is 8.78 Å². The van der Waals surface area contributed by atoms with Crippen LogP contribution < -0.4 is 4.74 Å². The first-order chi connectivity index (χ1) is 13.1. The summed E-state index contributed by atoms with van der Waals surface area (Å²) in [5.41, 5.74) is 0.709. The highest BCUT2D eigenvalue weighted by molar-refractivity contribution is 5.85. The standard InChI is InChI=1S/C24H30F2O/c1-3-4-15-5-6-17-10-18(8-7-16(17)9-15)21-14-22-19(12-23(21)25)11-20(27-2)13-24(22)26/h11-18H,3-10H2,1-2H3/t15?,16-,17?,18-/m1/s1. The van der Waals surface area contributed by atoms with E-state index in [2.05, 4.69) is 6.92 Å². The molecule has 2 aliphatic rings. The monoisotopic (exact) mass is 372 g/mol. The van der Waals surface area contributed by atoms with Crippen molar-refractivity contribution in [3.8, 4) is 5.75 Å². The molecule has 0 aliphatic heterocycles. The molecule has 0 bridgehead atoms. The van der Waals surface area contributed by atoms with E-state index in [1.54, 1.807) is 12.1 Å². The highest BCUT2D eigenvalue weighted by Gasteiger charge is 2.36. The van der Waals surface area contributed by atoms with Crippen LogP contribution in [-0.4, -0.2) is 7.11 Å². The van der Waals surface area contributed by atoms with Crippen LogP contribution in [0.1, 0.15) is 69.8 Å². The molecule has 0 N–H and O–H groups in total. The second kappa shape index (κ2) is 7.77. The van der Waals surface area contributed by atoms with Crippen molar-refractivity contribution in [3.05, 3.63) is 41.5 Å². The molecule has 1 nitrogen and oxygen atoms in total. The second-order valence-corrected chi connectivity index (χ2v) is 8.70. The quantitative estimate of drug-likeness (QED) is 0.550. The fourth-order valence-electron chi connectivity index (χ4n) is 5.70. The lowest BCUT2D eigenvalue weighted by Crippen LogP contribution is -2.30. The summed E-state index contributed by atoms with van der Waals surface area (Å²) in [6.45, 7) is 2.28. The summed E-state index contributed by atoms with van der Waals surface area (Å²) in [7, 11) is 1.50. The Labute approximate surface area is 161 Å². The topological polar surface area (TPSA) is 9.23 Å². The second-order valence-electron chi connectivity index (χ2n) is 8.70. The van der Waals surface area contributed by atoms with E-state index in [1.165, 1.54) is 57.8 Å². The Bertz CT molecular complexity index is 816. The third-order valence-electron chi connectivity index (χ3n) is 7.09. The molecule has 0 saturated heterocycles. The zero-order chi connectivity index (χ0) is 19.0. The molecule has 0 heterocycles. The Hall–Kier alpha value is -1.64. The molecule has 146 valence electrons. The van der Waals surface area contributed by atoms with Gasteiger partial charge in [-0.1, -0.05) is 26.2 Å². The molecule has 2 aliphatic carbocycles. The van der Waals surface area contributed by atoms with Gasteiger partial charge in [-0.2, -0.15) is 0 Å². The van der Waals surface area contributed by atoms with Gasteiger partial charge in [-0.25, -0.2) is 8.78 Å². The van der Waals surface area contributed by atoms with Crippen LogP contribution in [0.3, 0.4) is 0 Å². The van der Waals surface area contributed by atoms with Gasteiger partial charge in [0.15, 0.2) is 0 Å². The van der Waals surface area contributed by atoms with Crippen molar-refractivity contribution >= 4 is 10.8 Å². The van der Waals surface area contributed by atoms with E-state index in [1.807, 2.05) is 0 Å². The Morgan fingerprint density at radius 1 is 0.926 bits per heavy atom. The molecule has 4 atom stereocenters. The van der Waals surface area contributed by atoms with Crippen molar-refractivity contribution in [1.29, 1.82) is 0 Å². The lowest BCUT2D eigenvalue weighted by molar-refractivity contribution is 0.113. The van der Waals surface area contributed by atoms with Crippen molar-refractivity contribution in [3.63, 3.8) is 0 Å². The first-order valence-corrected chi connectivity index (χ1v) is 10.6. The third kappa shape index (κ3) is 3.70. The minimum absolute atomic E-state index is 0.196. The third-order valence-corrected chi connectivity index (χ3v) is 7.09. The zero-order valence-electron chi connectivity index (χ0n) is 16.4. The van der Waals surface area contributed by atoms with E-state index in [4.69, 9.17) is 4.74 Å². The van der Waals surface area contributed by atoms with Gasteiger partial charge in [0.25, 0.3) is 0 Å². The molecule has 2 fully saturated rings. The molecule has 27 heavy (non-hydrogen) atoms. The predicted octanol–water partition coefficient (Wildman–Crippen LogP) is 7.23. The maximum atomic E-state index is 14.9. The van der Waals surface area contributed by atoms with Crippen LogP contribution in [0.25, 0.3) is 10.8 Å². The molecule has 2 aromatic rings. The lowest BCUT2D eigenvalue weighted by atomic mass is 9.63. The van der Waals surface area contributed by atoms with Crippen LogP contribution in [0.5, 0.6) is 5.75 Å². The van der Waals surface area contributed by atoms with Crippen molar-refractivity contribution in [2.24, 2.45) is 17.8 Å². The molecule has 3 heteroatoms. The van der Waals surface area contributed by atoms with Crippen LogP contribution >= 0.6 is 0 Å². The smallest absolute Gasteiger partial charge is 0.134 e. The summed E-state index contributed by atoms with van der Waals surface area (Å²) in [6, 6.07) is 6.33. The number of hydrogen-bond acceptors (Lipinski definition) is 1. The first-order valence-electron chi connectivity index (χ1n) is 10.6. The van der Waals surface area contributed by atoms with Crippen molar-refractivity contribution in [1.82, 2.24) is 0 Å². The molecule has 0 amide bonds. The van der Waals surface area contributed by atoms with Gasteiger partial charge in [0.05, 0.1) is 7.11 Å². The summed E-state index contributed by atoms with van der Waals surface area (Å²) < 4.78 is 34.5. The van der Waals surface area contributed by atoms with Gasteiger partial charge in [-0.15, -0.1) is 0 Å². The minimum atomic E-state index is -0.334. The van der Waals surface area contributed by atoms with Gasteiger partial charge in [0, 0.05) is 11.5 Å². The largest absolute Gasteiger partial charge is 0.497 e. The maximum absolute atomic E-state index is 14.9. The van der Waals surface area contributed by atoms with Gasteiger partial charge < -0.3 is 4.74 Å². The van der Waals surface area contributed by atoms with E-state index < -0.39 is 0 Å². The Balaban J connectivity index is 1.56. The summed E-state index contributed by atoms with van der Waals surface area (Å²) in [4.78, 5) is 0. The number of benzene rings is 2. The molecule has 0 radical (unpaired) electrons. The predicted molar refractivity (Wildman–Crippen MR) is 106 cm³/mol. The fourth-order valence-corrected chi connectivity index (χ4v) is 5.70. The number of halogens is 2. The average Bonchev–Trinajstić information content (AvgIpc) is 2.67. The molecular weight excluding hydrogens is 342 g/mol. The van der Waals surface area contributed by atoms with Crippen LogP contribution in [0.4, 0.5) is 8.78 Å². The average molecular weight is 372 g/mol. The number of rotatable bonds is 4. The zero-order valence-corrected chi connectivity index (χ0v) is 16.4. The van der Waals surface area contributed by atoms with E-state index in [0.29, 0.717) is 28.0 Å². The maximum Gasteiger partial charge on any atom is 0.134 e. The van der Waals surface area contributed by atoms with Gasteiger partial charge in [0.1, 0.15) is 17.4 Å². The van der Waals surface area contributed by atoms with Gasteiger partial charge >= 0.3 is 0 Å². The Morgan fingerprint density at radius 3 is 2.48 bits per heavy atom. The molecule has 0 spiro atoms. The van der Waals surface area contributed by atoms with E-state index >= 15 is 0 Å². The fraction of sp³-hybridized carbons (Fsp3) is 0.583. The van der Waals surface area contributed by atoms with Gasteiger partial charge in [-0.05, 0) is 84.9 Å². The van der Waals surface area contributed by atoms with E-state index in [-0.39, 0.29) is 17.6 Å². The number of ether oxygens (including phenoxy) is 1. The lowest BCUT2D eigenvalue weighted by Gasteiger charge is -2.42. The van der Waals surface area contributed by atoms with Crippen LogP contribution in [0, 0.1) is 29.4 Å². The molecule has 0 aromatic heterocycles. The highest BCUT2D eigenvalue weighted by Crippen LogP contribution is 2.49. The molecule has 4 rings (SSSR count). The normalized spacial score (nSPS) is 28.1. The Morgan fingerprint density at radius 2 is 1.70 bits per heavy atom. The molecule has 2 unspecified atom stereocenters. The van der Waals surface area contributed by atoms with Crippen LogP contribution in [0.2, 0.25) is 0 Å². The van der Waals surface area contributed by atoms with Crippen molar-refractivity contribution in [2.45, 2.75) is 64.2 Å². The summed E-state index contributed by atoms with van der Waals surface area (Å²) in [5, 5.41) is 1.07. The number of hydrogen-bond donors (Lipinski definition) is 0. The SMILES string of the molecule is CCCC1CCC2C[C@H](c3cc4c(F)cc(OC)cc4cc3F)CC[C@@H]2C1. The molecule has 2 saturated carbocycles. The van der Waals surface area contributed by atoms with Crippen LogP contribution in [-0.2, 0) is 0 Å². The number of fused-ring (bicyclic) bond motifs is 2. The summed E-state index contributed by atoms with van der Waals surface area (Å²) in [5.74, 6) is 2.55. The highest BCUT2D eigenvalue weighted by atomic mass is 19.1. The van der Waals surface area contributed by atoms with Crippen LogP contribution in [0.15, 0.2) is 24.3 Å². The number of methoxy groups -OCH3 is 1. The Kier molecular flexibility index (Phi) is 5.39. The molecular formula is C24H30F2O. The summed E-state index contributed by atoms with van der Waals surface area (Å²) >= 11 is 0.